The highest BCUT2D eigenvalue weighted by Crippen LogP contribution is 2.42. The van der Waals surface area contributed by atoms with Gasteiger partial charge in [0.1, 0.15) is 0 Å². The van der Waals surface area contributed by atoms with Crippen molar-refractivity contribution in [3.8, 4) is 0 Å². The van der Waals surface area contributed by atoms with E-state index in [0.29, 0.717) is 0 Å². The van der Waals surface area contributed by atoms with Gasteiger partial charge in [-0.2, -0.15) is 0 Å². The van der Waals surface area contributed by atoms with Crippen molar-refractivity contribution >= 4 is 0 Å². The van der Waals surface area contributed by atoms with Crippen LogP contribution in [0.4, 0.5) is 0 Å². The number of fused-ring (bicyclic) bond motifs is 1. The van der Waals surface area contributed by atoms with E-state index >= 15 is 0 Å². The molecule has 0 saturated carbocycles. The fourth-order valence-corrected chi connectivity index (χ4v) is 1.70. The highest BCUT2D eigenvalue weighted by molar-refractivity contribution is 4.96. The van der Waals surface area contributed by atoms with Crippen molar-refractivity contribution in [1.29, 1.82) is 0 Å². The van der Waals surface area contributed by atoms with Crippen LogP contribution < -0.4 is 0 Å². The second-order valence-corrected chi connectivity index (χ2v) is 3.69. The zero-order chi connectivity index (χ0) is 8.06. The normalized spacial score (nSPS) is 40.6. The molecule has 2 saturated heterocycles. The third-order valence-corrected chi connectivity index (χ3v) is 2.60. The summed E-state index contributed by atoms with van der Waals surface area (Å²) in [6.07, 6.45) is 0. The first-order valence-electron chi connectivity index (χ1n) is 4.04. The molecule has 64 valence electrons. The molecule has 0 bridgehead atoms. The molecule has 0 radical (unpaired) electrons. The molecule has 0 aromatic heterocycles. The lowest BCUT2D eigenvalue weighted by Crippen LogP contribution is -2.33. The fourth-order valence-electron chi connectivity index (χ4n) is 1.70. The maximum atomic E-state index is 8.68. The first kappa shape index (κ1) is 7.49. The average molecular weight is 157 g/mol. The van der Waals surface area contributed by atoms with Gasteiger partial charge < -0.3 is 5.11 Å². The maximum Gasteiger partial charge on any atom is 0.0979 e. The monoisotopic (exact) mass is 157 g/mol. The molecular formula is C7H15N3O. The van der Waals surface area contributed by atoms with E-state index in [4.69, 9.17) is 5.11 Å². The van der Waals surface area contributed by atoms with Gasteiger partial charge in [0.15, 0.2) is 0 Å². The number of hydrogen-bond acceptors (Lipinski definition) is 4. The molecule has 1 N–H and O–H groups in total. The Morgan fingerprint density at radius 2 is 1.82 bits per heavy atom. The summed E-state index contributed by atoms with van der Waals surface area (Å²) in [6, 6.07) is 0. The molecule has 0 spiro atoms. The van der Waals surface area contributed by atoms with Crippen molar-refractivity contribution in [2.45, 2.75) is 19.5 Å². The third-order valence-electron chi connectivity index (χ3n) is 2.60. The minimum absolute atomic E-state index is 0.266. The smallest absolute Gasteiger partial charge is 0.0979 e. The van der Waals surface area contributed by atoms with Crippen molar-refractivity contribution in [3.05, 3.63) is 0 Å². The number of β-amino-alcohol motifs (C(OH)–C–C–N with tert-alkyl or cyclic N) is 1. The van der Waals surface area contributed by atoms with E-state index in [2.05, 4.69) is 28.8 Å². The lowest BCUT2D eigenvalue weighted by atomic mass is 10.3. The van der Waals surface area contributed by atoms with Gasteiger partial charge in [0.25, 0.3) is 0 Å². The Balaban J connectivity index is 1.85. The predicted octanol–water partition coefficient (Wildman–Crippen LogP) is -0.522. The Hall–Kier alpha value is -0.160. The van der Waals surface area contributed by atoms with Crippen LogP contribution in [0.2, 0.25) is 0 Å². The molecule has 11 heavy (non-hydrogen) atoms. The van der Waals surface area contributed by atoms with Crippen molar-refractivity contribution < 1.29 is 5.11 Å². The van der Waals surface area contributed by atoms with E-state index in [9.17, 15) is 0 Å². The van der Waals surface area contributed by atoms with E-state index in [-0.39, 0.29) is 12.3 Å². The number of aliphatic hydroxyl groups excluding tert-OH is 1. The van der Waals surface area contributed by atoms with Crippen molar-refractivity contribution in [3.63, 3.8) is 0 Å². The Kier molecular flexibility index (Phi) is 1.47. The van der Waals surface area contributed by atoms with Gasteiger partial charge in [-0.15, -0.1) is 0 Å². The molecule has 2 fully saturated rings. The van der Waals surface area contributed by atoms with E-state index in [1.807, 2.05) is 0 Å². The zero-order valence-electron chi connectivity index (χ0n) is 7.12. The van der Waals surface area contributed by atoms with Crippen LogP contribution in [0.1, 0.15) is 13.8 Å². The van der Waals surface area contributed by atoms with Crippen LogP contribution in [0.15, 0.2) is 0 Å². The largest absolute Gasteiger partial charge is 0.395 e. The quantitative estimate of drug-likeness (QED) is 0.546. The molecule has 0 aromatic rings. The molecule has 2 aliphatic heterocycles. The standard InChI is InChI=1S/C7H15N3O/c1-7(2)9-5-8(3-4-11)6-10(7)9/h11H,3-6H2,1-2H3. The Morgan fingerprint density at radius 1 is 1.27 bits per heavy atom. The van der Waals surface area contributed by atoms with E-state index in [0.717, 1.165) is 19.9 Å². The Bertz CT molecular complexity index is 157. The van der Waals surface area contributed by atoms with Crippen LogP contribution in [0.5, 0.6) is 0 Å². The summed E-state index contributed by atoms with van der Waals surface area (Å²) in [7, 11) is 0. The number of nitrogens with zero attached hydrogens (tertiary/aromatic N) is 3. The molecule has 2 aliphatic rings. The van der Waals surface area contributed by atoms with Crippen LogP contribution >= 0.6 is 0 Å². The summed E-state index contributed by atoms with van der Waals surface area (Å²) in [5, 5.41) is 13.3. The van der Waals surface area contributed by atoms with Gasteiger partial charge >= 0.3 is 0 Å². The molecule has 0 aliphatic carbocycles. The Morgan fingerprint density at radius 3 is 2.27 bits per heavy atom. The van der Waals surface area contributed by atoms with Crippen molar-refractivity contribution in [2.24, 2.45) is 0 Å². The SMILES string of the molecule is CC1(C)N2CN(CCO)CN21. The van der Waals surface area contributed by atoms with Crippen LogP contribution in [-0.2, 0) is 0 Å². The summed E-state index contributed by atoms with van der Waals surface area (Å²) in [5.74, 6) is 0. The van der Waals surface area contributed by atoms with Crippen LogP contribution in [-0.4, -0.2) is 52.2 Å². The topological polar surface area (TPSA) is 29.5 Å². The second-order valence-electron chi connectivity index (χ2n) is 3.69. The van der Waals surface area contributed by atoms with E-state index < -0.39 is 0 Å². The molecule has 0 aromatic carbocycles. The third kappa shape index (κ3) is 0.980. The molecule has 2 heterocycles. The summed E-state index contributed by atoms with van der Waals surface area (Å²) < 4.78 is 0. The fraction of sp³-hybridized carbons (Fsp3) is 1.00. The minimum Gasteiger partial charge on any atom is -0.395 e. The lowest BCUT2D eigenvalue weighted by Gasteiger charge is -2.17. The molecule has 2 unspecified atom stereocenters. The van der Waals surface area contributed by atoms with E-state index in [1.165, 1.54) is 0 Å². The van der Waals surface area contributed by atoms with Gasteiger partial charge in [-0.3, -0.25) is 4.90 Å². The summed E-state index contributed by atoms with van der Waals surface area (Å²) in [5.41, 5.74) is 0.284. The molecule has 2 rings (SSSR count). The van der Waals surface area contributed by atoms with Crippen molar-refractivity contribution in [2.75, 3.05) is 26.5 Å². The highest BCUT2D eigenvalue weighted by Gasteiger charge is 2.58. The van der Waals surface area contributed by atoms with E-state index in [1.54, 1.807) is 0 Å². The van der Waals surface area contributed by atoms with Gasteiger partial charge in [-0.1, -0.05) is 0 Å². The van der Waals surface area contributed by atoms with Crippen LogP contribution in [0.25, 0.3) is 0 Å². The first-order valence-corrected chi connectivity index (χ1v) is 4.04. The zero-order valence-corrected chi connectivity index (χ0v) is 7.12. The first-order chi connectivity index (χ1) is 5.16. The lowest BCUT2D eigenvalue weighted by molar-refractivity contribution is 0.174. The van der Waals surface area contributed by atoms with Gasteiger partial charge in [-0.05, 0) is 13.8 Å². The van der Waals surface area contributed by atoms with Gasteiger partial charge in [0.05, 0.1) is 25.6 Å². The Labute approximate surface area is 67.0 Å². The number of aliphatic hydroxyl groups is 1. The number of hydrogen-bond donors (Lipinski definition) is 1. The van der Waals surface area contributed by atoms with Gasteiger partial charge in [0.2, 0.25) is 0 Å². The van der Waals surface area contributed by atoms with Crippen molar-refractivity contribution in [1.82, 2.24) is 14.9 Å². The van der Waals surface area contributed by atoms with Gasteiger partial charge in [-0.25, -0.2) is 10.0 Å². The van der Waals surface area contributed by atoms with Crippen LogP contribution in [0.3, 0.4) is 0 Å². The molecule has 4 heteroatoms. The summed E-state index contributed by atoms with van der Waals surface area (Å²) in [6.45, 7) is 7.44. The molecule has 4 nitrogen and oxygen atoms in total. The predicted molar refractivity (Wildman–Crippen MR) is 41.3 cm³/mol. The molecular weight excluding hydrogens is 142 g/mol. The van der Waals surface area contributed by atoms with Gasteiger partial charge in [0, 0.05) is 6.54 Å². The molecule has 0 amide bonds. The number of rotatable bonds is 2. The maximum absolute atomic E-state index is 8.68. The summed E-state index contributed by atoms with van der Waals surface area (Å²) in [4.78, 5) is 2.23. The second kappa shape index (κ2) is 2.17. The molecule has 2 atom stereocenters. The summed E-state index contributed by atoms with van der Waals surface area (Å²) >= 11 is 0. The average Bonchev–Trinajstić information content (AvgIpc) is 2.37. The highest BCUT2D eigenvalue weighted by atomic mass is 16.3. The number of hydrazine groups is 1. The minimum atomic E-state index is 0.266. The van der Waals surface area contributed by atoms with Crippen LogP contribution in [0, 0.1) is 0 Å².